The summed E-state index contributed by atoms with van der Waals surface area (Å²) in [5, 5.41) is 4.34. The molecule has 2 atom stereocenters. The number of amides is 2. The molecule has 0 spiro atoms. The number of fused-ring (bicyclic) bond motifs is 2. The molecule has 7 nitrogen and oxygen atoms in total. The van der Waals surface area contributed by atoms with E-state index < -0.39 is 0 Å². The van der Waals surface area contributed by atoms with Gasteiger partial charge in [0.05, 0.1) is 12.1 Å². The summed E-state index contributed by atoms with van der Waals surface area (Å²) in [5.74, 6) is 1.46. The van der Waals surface area contributed by atoms with Gasteiger partial charge < -0.3 is 20.5 Å². The number of urea groups is 1. The summed E-state index contributed by atoms with van der Waals surface area (Å²) in [7, 11) is 1.62. The Morgan fingerprint density at radius 2 is 2.04 bits per heavy atom. The molecule has 0 unspecified atom stereocenters. The molecule has 2 amide bonds. The van der Waals surface area contributed by atoms with Gasteiger partial charge in [0.1, 0.15) is 0 Å². The van der Waals surface area contributed by atoms with Gasteiger partial charge in [-0.15, -0.1) is 0 Å². The second-order valence-corrected chi connectivity index (χ2v) is 7.58. The number of hydrogen-bond acceptors (Lipinski definition) is 5. The fourth-order valence-electron chi connectivity index (χ4n) is 3.55. The van der Waals surface area contributed by atoms with Gasteiger partial charge in [-0.2, -0.15) is 0 Å². The molecule has 0 fully saturated rings. The molecule has 2 aliphatic heterocycles. The molecule has 2 aromatic carbocycles. The molecule has 0 bridgehead atoms. The summed E-state index contributed by atoms with van der Waals surface area (Å²) in [6.07, 6.45) is 0.693. The largest absolute Gasteiger partial charge is 0.454 e. The molecule has 2 aromatic rings. The van der Waals surface area contributed by atoms with Crippen molar-refractivity contribution in [2.24, 2.45) is 0 Å². The minimum Gasteiger partial charge on any atom is -0.454 e. The number of hydrazine groups is 1. The zero-order valence-electron chi connectivity index (χ0n) is 15.1. The van der Waals surface area contributed by atoms with Crippen LogP contribution in [0.1, 0.15) is 29.7 Å². The van der Waals surface area contributed by atoms with Crippen molar-refractivity contribution in [2.45, 2.75) is 25.4 Å². The Bertz CT molecular complexity index is 905. The molecule has 0 aliphatic carbocycles. The van der Waals surface area contributed by atoms with E-state index in [0.29, 0.717) is 12.1 Å². The highest BCUT2D eigenvalue weighted by atomic mass is 79.9. The third kappa shape index (κ3) is 3.19. The number of anilines is 1. The van der Waals surface area contributed by atoms with Crippen molar-refractivity contribution in [2.75, 3.05) is 19.6 Å². The first-order valence-electron chi connectivity index (χ1n) is 8.72. The maximum absolute atomic E-state index is 12.5. The Balaban J connectivity index is 1.85. The van der Waals surface area contributed by atoms with E-state index >= 15 is 0 Å². The van der Waals surface area contributed by atoms with Gasteiger partial charge in [-0.1, -0.05) is 6.07 Å². The SMILES string of the molecule is CNC(=O)N1N[C@@H](c2ccc(N)c(Br)c2)c2cc3c(cc2C[C@H]1C)OCO3. The number of halogens is 1. The van der Waals surface area contributed by atoms with Crippen molar-refractivity contribution in [1.29, 1.82) is 0 Å². The number of rotatable bonds is 1. The van der Waals surface area contributed by atoms with Crippen LogP contribution in [-0.4, -0.2) is 30.9 Å². The minimum atomic E-state index is -0.242. The number of benzene rings is 2. The number of nitrogen functional groups attached to an aromatic ring is 1. The maximum atomic E-state index is 12.5. The van der Waals surface area contributed by atoms with Gasteiger partial charge >= 0.3 is 6.03 Å². The van der Waals surface area contributed by atoms with E-state index in [1.807, 2.05) is 37.3 Å². The zero-order chi connectivity index (χ0) is 19.1. The molecule has 8 heteroatoms. The van der Waals surface area contributed by atoms with E-state index in [1.165, 1.54) is 0 Å². The van der Waals surface area contributed by atoms with Gasteiger partial charge in [-0.3, -0.25) is 5.01 Å². The van der Waals surface area contributed by atoms with Crippen molar-refractivity contribution in [3.8, 4) is 11.5 Å². The number of nitrogens with two attached hydrogens (primary N) is 1. The van der Waals surface area contributed by atoms with Crippen LogP contribution in [0, 0.1) is 0 Å². The Morgan fingerprint density at radius 1 is 1.30 bits per heavy atom. The average molecular weight is 433 g/mol. The Morgan fingerprint density at radius 3 is 2.74 bits per heavy atom. The van der Waals surface area contributed by atoms with Gasteiger partial charge in [0, 0.05) is 17.2 Å². The van der Waals surface area contributed by atoms with E-state index in [1.54, 1.807) is 12.1 Å². The fraction of sp³-hybridized carbons (Fsp3) is 0.316. The summed E-state index contributed by atoms with van der Waals surface area (Å²) in [6, 6.07) is 9.33. The third-order valence-corrected chi connectivity index (χ3v) is 5.65. The van der Waals surface area contributed by atoms with Crippen molar-refractivity contribution < 1.29 is 14.3 Å². The van der Waals surface area contributed by atoms with Crippen LogP contribution in [0.5, 0.6) is 11.5 Å². The lowest BCUT2D eigenvalue weighted by Crippen LogP contribution is -2.52. The monoisotopic (exact) mass is 432 g/mol. The fourth-order valence-corrected chi connectivity index (χ4v) is 3.94. The number of ether oxygens (including phenoxy) is 2. The lowest BCUT2D eigenvalue weighted by atomic mass is 9.92. The van der Waals surface area contributed by atoms with Gasteiger partial charge in [0.25, 0.3) is 0 Å². The first kappa shape index (κ1) is 17.9. The van der Waals surface area contributed by atoms with Crippen LogP contribution in [0.3, 0.4) is 0 Å². The molecule has 27 heavy (non-hydrogen) atoms. The molecular formula is C19H21BrN4O3. The first-order chi connectivity index (χ1) is 13.0. The molecule has 0 saturated carbocycles. The van der Waals surface area contributed by atoms with Crippen LogP contribution in [0.15, 0.2) is 34.8 Å². The van der Waals surface area contributed by atoms with Crippen LogP contribution >= 0.6 is 15.9 Å². The molecule has 2 aliphatic rings. The molecule has 142 valence electrons. The second-order valence-electron chi connectivity index (χ2n) is 6.73. The lowest BCUT2D eigenvalue weighted by Gasteiger charge is -2.30. The number of nitrogens with zero attached hydrogens (tertiary/aromatic N) is 1. The van der Waals surface area contributed by atoms with Crippen molar-refractivity contribution in [3.63, 3.8) is 0 Å². The van der Waals surface area contributed by atoms with E-state index in [0.717, 1.165) is 32.7 Å². The molecule has 2 heterocycles. The predicted molar refractivity (Wildman–Crippen MR) is 106 cm³/mol. The molecule has 0 saturated heterocycles. The summed E-state index contributed by atoms with van der Waals surface area (Å²) >= 11 is 3.50. The minimum absolute atomic E-state index is 0.0497. The predicted octanol–water partition coefficient (Wildman–Crippen LogP) is 2.94. The highest BCUT2D eigenvalue weighted by molar-refractivity contribution is 9.10. The van der Waals surface area contributed by atoms with Crippen molar-refractivity contribution >= 4 is 27.6 Å². The van der Waals surface area contributed by atoms with E-state index in [-0.39, 0.29) is 24.9 Å². The standard InChI is InChI=1S/C19H21BrN4O3/c1-10-5-12-7-16-17(27-9-26-16)8-13(12)18(23-24(10)19(25)22-2)11-3-4-15(21)14(20)6-11/h3-4,6-8,10,18,23H,5,9,21H2,1-2H3,(H,22,25)/t10-,18+/m1/s1. The molecule has 0 aromatic heterocycles. The van der Waals surface area contributed by atoms with Crippen molar-refractivity contribution in [3.05, 3.63) is 51.5 Å². The number of carbonyl (C=O) groups is 1. The molecule has 4 rings (SSSR count). The van der Waals surface area contributed by atoms with Gasteiger partial charge in [-0.25, -0.2) is 10.2 Å². The maximum Gasteiger partial charge on any atom is 0.331 e. The van der Waals surface area contributed by atoms with Crippen LogP contribution < -0.4 is 25.9 Å². The van der Waals surface area contributed by atoms with Crippen LogP contribution in [-0.2, 0) is 6.42 Å². The number of nitrogens with one attached hydrogen (secondary N) is 2. The lowest BCUT2D eigenvalue weighted by molar-refractivity contribution is 0.139. The zero-order valence-corrected chi connectivity index (χ0v) is 16.7. The molecule has 4 N–H and O–H groups in total. The van der Waals surface area contributed by atoms with Gasteiger partial charge in [0.15, 0.2) is 11.5 Å². The Hall–Kier alpha value is -2.45. The summed E-state index contributed by atoms with van der Waals surface area (Å²) in [6.45, 7) is 2.24. The van der Waals surface area contributed by atoms with Gasteiger partial charge in [0.2, 0.25) is 6.79 Å². The second kappa shape index (κ2) is 6.94. The topological polar surface area (TPSA) is 88.9 Å². The summed E-state index contributed by atoms with van der Waals surface area (Å²) in [5.41, 5.74) is 13.2. The normalized spacial score (nSPS) is 20.8. The van der Waals surface area contributed by atoms with Crippen LogP contribution in [0.25, 0.3) is 0 Å². The van der Waals surface area contributed by atoms with E-state index in [2.05, 4.69) is 26.7 Å². The highest BCUT2D eigenvalue weighted by Crippen LogP contribution is 2.41. The number of carbonyl (C=O) groups excluding carboxylic acids is 1. The Kier molecular flexibility index (Phi) is 4.61. The molecule has 0 radical (unpaired) electrons. The van der Waals surface area contributed by atoms with Gasteiger partial charge in [-0.05, 0) is 70.2 Å². The van der Waals surface area contributed by atoms with Crippen molar-refractivity contribution in [1.82, 2.24) is 15.8 Å². The Labute approximate surface area is 165 Å². The smallest absolute Gasteiger partial charge is 0.331 e. The van der Waals surface area contributed by atoms with E-state index in [9.17, 15) is 4.79 Å². The first-order valence-corrected chi connectivity index (χ1v) is 9.51. The number of hydrogen-bond donors (Lipinski definition) is 3. The van der Waals surface area contributed by atoms with Crippen LogP contribution in [0.2, 0.25) is 0 Å². The average Bonchev–Trinajstić information content (AvgIpc) is 3.05. The molecular weight excluding hydrogens is 412 g/mol. The quantitative estimate of drug-likeness (QED) is 0.602. The van der Waals surface area contributed by atoms with Crippen LogP contribution in [0.4, 0.5) is 10.5 Å². The summed E-state index contributed by atoms with van der Waals surface area (Å²) in [4.78, 5) is 12.5. The highest BCUT2D eigenvalue weighted by Gasteiger charge is 2.32. The summed E-state index contributed by atoms with van der Waals surface area (Å²) < 4.78 is 11.9. The third-order valence-electron chi connectivity index (χ3n) is 4.96. The van der Waals surface area contributed by atoms with E-state index in [4.69, 9.17) is 15.2 Å².